The van der Waals surface area contributed by atoms with E-state index in [1.54, 1.807) is 0 Å². The van der Waals surface area contributed by atoms with Crippen molar-refractivity contribution in [3.8, 4) is 5.75 Å². The van der Waals surface area contributed by atoms with Gasteiger partial charge in [0.2, 0.25) is 5.91 Å². The number of hydrogen-bond acceptors (Lipinski definition) is 3. The van der Waals surface area contributed by atoms with Gasteiger partial charge in [-0.3, -0.25) is 9.59 Å². The molecule has 2 N–H and O–H groups in total. The zero-order valence-electron chi connectivity index (χ0n) is 11.9. The Morgan fingerprint density at radius 2 is 2.05 bits per heavy atom. The summed E-state index contributed by atoms with van der Waals surface area (Å²) < 4.78 is 5.51. The van der Waals surface area contributed by atoms with Crippen LogP contribution in [-0.2, 0) is 16.0 Å². The third kappa shape index (κ3) is 5.73. The molecule has 0 aliphatic heterocycles. The third-order valence-corrected chi connectivity index (χ3v) is 2.76. The molecule has 0 saturated carbocycles. The summed E-state index contributed by atoms with van der Waals surface area (Å²) in [5.41, 5.74) is 1.74. The number of carboxylic acid groups (broad SMARTS) is 1. The quantitative estimate of drug-likeness (QED) is 0.717. The maximum atomic E-state index is 11.1. The number of anilines is 1. The van der Waals surface area contributed by atoms with Crippen LogP contribution in [0.15, 0.2) is 18.2 Å². The highest BCUT2D eigenvalue weighted by molar-refractivity contribution is 5.90. The van der Waals surface area contributed by atoms with Gasteiger partial charge in [0.05, 0.1) is 12.3 Å². The SMILES string of the molecule is CCOc1cc(CCCCC(=O)O)ccc1NC(C)=O. The summed E-state index contributed by atoms with van der Waals surface area (Å²) in [5.74, 6) is -0.250. The zero-order valence-corrected chi connectivity index (χ0v) is 11.9. The van der Waals surface area contributed by atoms with Crippen molar-refractivity contribution >= 4 is 17.6 Å². The van der Waals surface area contributed by atoms with Gasteiger partial charge in [-0.05, 0) is 43.9 Å². The van der Waals surface area contributed by atoms with Gasteiger partial charge < -0.3 is 15.2 Å². The Kier molecular flexibility index (Phi) is 6.56. The van der Waals surface area contributed by atoms with Gasteiger partial charge in [-0.2, -0.15) is 0 Å². The van der Waals surface area contributed by atoms with Gasteiger partial charge in [-0.1, -0.05) is 6.07 Å². The highest BCUT2D eigenvalue weighted by Crippen LogP contribution is 2.26. The molecule has 0 spiro atoms. The fraction of sp³-hybridized carbons (Fsp3) is 0.467. The molecule has 0 aliphatic rings. The van der Waals surface area contributed by atoms with Crippen LogP contribution in [0.4, 0.5) is 5.69 Å². The van der Waals surface area contributed by atoms with Gasteiger partial charge in [-0.15, -0.1) is 0 Å². The van der Waals surface area contributed by atoms with Crippen LogP contribution in [0.25, 0.3) is 0 Å². The van der Waals surface area contributed by atoms with Gasteiger partial charge >= 0.3 is 5.97 Å². The zero-order chi connectivity index (χ0) is 15.0. The van der Waals surface area contributed by atoms with E-state index < -0.39 is 5.97 Å². The van der Waals surface area contributed by atoms with Crippen LogP contribution in [0.5, 0.6) is 5.75 Å². The lowest BCUT2D eigenvalue weighted by Crippen LogP contribution is -2.08. The molecule has 1 aromatic carbocycles. The average Bonchev–Trinajstić information content (AvgIpc) is 2.37. The molecule has 110 valence electrons. The second kappa shape index (κ2) is 8.19. The van der Waals surface area contributed by atoms with Crippen molar-refractivity contribution in [1.29, 1.82) is 0 Å². The molecule has 1 rings (SSSR count). The molecule has 5 heteroatoms. The molecular weight excluding hydrogens is 258 g/mol. The minimum atomic E-state index is -0.763. The fourth-order valence-electron chi connectivity index (χ4n) is 1.90. The Hall–Kier alpha value is -2.04. The molecule has 1 amide bonds. The van der Waals surface area contributed by atoms with Crippen LogP contribution in [0.1, 0.15) is 38.7 Å². The first kappa shape index (κ1) is 16.0. The molecule has 0 fully saturated rings. The van der Waals surface area contributed by atoms with E-state index in [2.05, 4.69) is 5.32 Å². The van der Waals surface area contributed by atoms with E-state index in [0.29, 0.717) is 24.5 Å². The summed E-state index contributed by atoms with van der Waals surface area (Å²) in [4.78, 5) is 21.5. The highest BCUT2D eigenvalue weighted by Gasteiger charge is 2.07. The number of ether oxygens (including phenoxy) is 1. The summed E-state index contributed by atoms with van der Waals surface area (Å²) in [7, 11) is 0. The summed E-state index contributed by atoms with van der Waals surface area (Å²) in [6.07, 6.45) is 2.47. The van der Waals surface area contributed by atoms with Crippen molar-refractivity contribution in [2.24, 2.45) is 0 Å². The van der Waals surface area contributed by atoms with Gasteiger partial charge in [-0.25, -0.2) is 0 Å². The van der Waals surface area contributed by atoms with Crippen molar-refractivity contribution < 1.29 is 19.4 Å². The average molecular weight is 279 g/mol. The largest absolute Gasteiger partial charge is 0.492 e. The third-order valence-electron chi connectivity index (χ3n) is 2.76. The second-order valence-corrected chi connectivity index (χ2v) is 4.55. The Labute approximate surface area is 118 Å². The molecule has 0 aromatic heterocycles. The number of carbonyl (C=O) groups excluding carboxylic acids is 1. The van der Waals surface area contributed by atoms with E-state index in [1.807, 2.05) is 25.1 Å². The van der Waals surface area contributed by atoms with E-state index in [4.69, 9.17) is 9.84 Å². The van der Waals surface area contributed by atoms with Gasteiger partial charge in [0, 0.05) is 13.3 Å². The topological polar surface area (TPSA) is 75.6 Å². The van der Waals surface area contributed by atoms with Crippen LogP contribution in [0.3, 0.4) is 0 Å². The number of nitrogens with one attached hydrogen (secondary N) is 1. The molecule has 1 aromatic rings. The summed E-state index contributed by atoms with van der Waals surface area (Å²) in [6, 6.07) is 5.64. The number of aryl methyl sites for hydroxylation is 1. The molecule has 5 nitrogen and oxygen atoms in total. The van der Waals surface area contributed by atoms with Gasteiger partial charge in [0.25, 0.3) is 0 Å². The Morgan fingerprint density at radius 1 is 1.30 bits per heavy atom. The Morgan fingerprint density at radius 3 is 2.65 bits per heavy atom. The van der Waals surface area contributed by atoms with E-state index in [9.17, 15) is 9.59 Å². The molecule has 20 heavy (non-hydrogen) atoms. The van der Waals surface area contributed by atoms with Crippen LogP contribution < -0.4 is 10.1 Å². The normalized spacial score (nSPS) is 10.1. The van der Waals surface area contributed by atoms with Crippen molar-refractivity contribution in [2.45, 2.75) is 39.5 Å². The van der Waals surface area contributed by atoms with E-state index in [1.165, 1.54) is 6.92 Å². The maximum Gasteiger partial charge on any atom is 0.303 e. The Balaban J connectivity index is 2.66. The lowest BCUT2D eigenvalue weighted by Gasteiger charge is -2.12. The highest BCUT2D eigenvalue weighted by atomic mass is 16.5. The number of carboxylic acids is 1. The molecule has 0 aliphatic carbocycles. The minimum Gasteiger partial charge on any atom is -0.492 e. The second-order valence-electron chi connectivity index (χ2n) is 4.55. The van der Waals surface area contributed by atoms with Crippen LogP contribution in [0, 0.1) is 0 Å². The predicted molar refractivity (Wildman–Crippen MR) is 77.1 cm³/mol. The molecule has 0 bridgehead atoms. The number of rotatable bonds is 8. The van der Waals surface area contributed by atoms with Crippen molar-refractivity contribution in [2.75, 3.05) is 11.9 Å². The predicted octanol–water partition coefficient (Wildman–Crippen LogP) is 2.84. The lowest BCUT2D eigenvalue weighted by molar-refractivity contribution is -0.137. The molecular formula is C15H21NO4. The van der Waals surface area contributed by atoms with Crippen molar-refractivity contribution in [3.63, 3.8) is 0 Å². The lowest BCUT2D eigenvalue weighted by atomic mass is 10.1. The smallest absolute Gasteiger partial charge is 0.303 e. The number of carbonyl (C=O) groups is 2. The maximum absolute atomic E-state index is 11.1. The van der Waals surface area contributed by atoms with Crippen LogP contribution in [0.2, 0.25) is 0 Å². The van der Waals surface area contributed by atoms with Crippen molar-refractivity contribution in [3.05, 3.63) is 23.8 Å². The summed E-state index contributed by atoms with van der Waals surface area (Å²) in [6.45, 7) is 3.86. The van der Waals surface area contributed by atoms with Gasteiger partial charge in [0.1, 0.15) is 5.75 Å². The molecule has 0 heterocycles. The van der Waals surface area contributed by atoms with E-state index in [0.717, 1.165) is 18.4 Å². The molecule has 0 radical (unpaired) electrons. The van der Waals surface area contributed by atoms with Crippen molar-refractivity contribution in [1.82, 2.24) is 0 Å². The minimum absolute atomic E-state index is 0.139. The van der Waals surface area contributed by atoms with Crippen LogP contribution in [-0.4, -0.2) is 23.6 Å². The van der Waals surface area contributed by atoms with Gasteiger partial charge in [0.15, 0.2) is 0 Å². The molecule has 0 saturated heterocycles. The number of aliphatic carboxylic acids is 1. The Bertz CT molecular complexity index is 471. The number of amides is 1. The summed E-state index contributed by atoms with van der Waals surface area (Å²) >= 11 is 0. The van der Waals surface area contributed by atoms with E-state index in [-0.39, 0.29) is 12.3 Å². The standard InChI is InChI=1S/C15H21NO4/c1-3-20-14-10-12(6-4-5-7-15(18)19)8-9-13(14)16-11(2)17/h8-10H,3-7H2,1-2H3,(H,16,17)(H,18,19). The molecule has 0 atom stereocenters. The first-order valence-electron chi connectivity index (χ1n) is 6.78. The number of hydrogen-bond donors (Lipinski definition) is 2. The summed E-state index contributed by atoms with van der Waals surface area (Å²) in [5, 5.41) is 11.3. The number of benzene rings is 1. The first-order chi connectivity index (χ1) is 9.52. The fourth-order valence-corrected chi connectivity index (χ4v) is 1.90. The monoisotopic (exact) mass is 279 g/mol. The first-order valence-corrected chi connectivity index (χ1v) is 6.78. The number of unbranched alkanes of at least 4 members (excludes halogenated alkanes) is 1. The van der Waals surface area contributed by atoms with Crippen LogP contribution >= 0.6 is 0 Å². The molecule has 0 unspecified atom stereocenters. The van der Waals surface area contributed by atoms with E-state index >= 15 is 0 Å².